The molecule has 1 aliphatic heterocycles. The first-order valence-electron chi connectivity index (χ1n) is 5.63. The van der Waals surface area contributed by atoms with Crippen LogP contribution < -0.4 is 5.73 Å². The number of nitrogens with zero attached hydrogens (tertiary/aromatic N) is 2. The van der Waals surface area contributed by atoms with E-state index in [-0.39, 0.29) is 17.5 Å². The number of piperazine rings is 1. The van der Waals surface area contributed by atoms with E-state index in [2.05, 4.69) is 25.7 Å². The Morgan fingerprint density at radius 2 is 2.00 bits per heavy atom. The van der Waals surface area contributed by atoms with E-state index in [1.165, 1.54) is 0 Å². The van der Waals surface area contributed by atoms with Gasteiger partial charge in [0.2, 0.25) is 5.91 Å². The first-order chi connectivity index (χ1) is 6.88. The summed E-state index contributed by atoms with van der Waals surface area (Å²) in [6.45, 7) is 11.4. The van der Waals surface area contributed by atoms with Crippen molar-refractivity contribution in [2.24, 2.45) is 5.73 Å². The molecule has 1 unspecified atom stereocenters. The summed E-state index contributed by atoms with van der Waals surface area (Å²) in [5, 5.41) is 0. The maximum Gasteiger partial charge on any atom is 0.240 e. The van der Waals surface area contributed by atoms with Crippen molar-refractivity contribution in [2.45, 2.75) is 39.3 Å². The van der Waals surface area contributed by atoms with Gasteiger partial charge >= 0.3 is 0 Å². The molecule has 1 saturated heterocycles. The molecule has 88 valence electrons. The van der Waals surface area contributed by atoms with Gasteiger partial charge in [0, 0.05) is 31.7 Å². The molecule has 2 N–H and O–H groups in total. The third-order valence-electron chi connectivity index (χ3n) is 3.01. The van der Waals surface area contributed by atoms with Gasteiger partial charge in [-0.25, -0.2) is 0 Å². The Balaban J connectivity index is 2.69. The van der Waals surface area contributed by atoms with Crippen molar-refractivity contribution >= 4 is 5.91 Å². The van der Waals surface area contributed by atoms with Crippen LogP contribution >= 0.6 is 0 Å². The lowest BCUT2D eigenvalue weighted by atomic mass is 10.0. The number of carbonyl (C=O) groups is 1. The van der Waals surface area contributed by atoms with Crippen LogP contribution in [0, 0.1) is 0 Å². The zero-order valence-corrected chi connectivity index (χ0v) is 10.3. The van der Waals surface area contributed by atoms with E-state index in [4.69, 9.17) is 5.73 Å². The second-order valence-corrected chi connectivity index (χ2v) is 5.16. The maximum absolute atomic E-state index is 12.1. The molecule has 15 heavy (non-hydrogen) atoms. The van der Waals surface area contributed by atoms with Gasteiger partial charge in [-0.05, 0) is 27.7 Å². The monoisotopic (exact) mass is 213 g/mol. The molecular formula is C11H23N3O. The molecule has 4 heteroatoms. The van der Waals surface area contributed by atoms with Gasteiger partial charge in [-0.3, -0.25) is 9.69 Å². The van der Waals surface area contributed by atoms with Crippen LogP contribution in [-0.2, 0) is 4.79 Å². The van der Waals surface area contributed by atoms with Gasteiger partial charge < -0.3 is 10.6 Å². The lowest BCUT2D eigenvalue weighted by Gasteiger charge is -2.45. The predicted octanol–water partition coefficient (Wildman–Crippen LogP) is 0.276. The highest BCUT2D eigenvalue weighted by molar-refractivity contribution is 5.82. The number of nitrogens with two attached hydrogens (primary N) is 1. The molecule has 4 nitrogen and oxygen atoms in total. The summed E-state index contributed by atoms with van der Waals surface area (Å²) in [7, 11) is 0. The molecule has 1 atom stereocenters. The lowest BCUT2D eigenvalue weighted by Crippen LogP contribution is -2.61. The fourth-order valence-electron chi connectivity index (χ4n) is 2.05. The largest absolute Gasteiger partial charge is 0.335 e. The van der Waals surface area contributed by atoms with Crippen molar-refractivity contribution < 1.29 is 4.79 Å². The fourth-order valence-corrected chi connectivity index (χ4v) is 2.05. The number of amides is 1. The third kappa shape index (κ3) is 2.69. The number of carbonyl (C=O) groups excluding carboxylic acids is 1. The van der Waals surface area contributed by atoms with Gasteiger partial charge in [0.1, 0.15) is 0 Å². The Morgan fingerprint density at radius 3 is 2.47 bits per heavy atom. The molecule has 0 spiro atoms. The molecule has 1 fully saturated rings. The minimum atomic E-state index is -0.0693. The molecular weight excluding hydrogens is 190 g/mol. The van der Waals surface area contributed by atoms with Crippen LogP contribution in [0.3, 0.4) is 0 Å². The van der Waals surface area contributed by atoms with E-state index >= 15 is 0 Å². The fraction of sp³-hybridized carbons (Fsp3) is 0.909. The van der Waals surface area contributed by atoms with Crippen molar-refractivity contribution in [2.75, 3.05) is 26.2 Å². The Bertz CT molecular complexity index is 234. The summed E-state index contributed by atoms with van der Waals surface area (Å²) < 4.78 is 0. The first-order valence-corrected chi connectivity index (χ1v) is 5.63. The van der Waals surface area contributed by atoms with Crippen molar-refractivity contribution in [3.63, 3.8) is 0 Å². The second-order valence-electron chi connectivity index (χ2n) is 5.16. The Morgan fingerprint density at radius 1 is 1.40 bits per heavy atom. The molecule has 0 aliphatic carbocycles. The van der Waals surface area contributed by atoms with Crippen LogP contribution in [-0.4, -0.2) is 53.5 Å². The van der Waals surface area contributed by atoms with Gasteiger partial charge in [0.25, 0.3) is 0 Å². The number of hydrogen-bond acceptors (Lipinski definition) is 3. The molecule has 1 amide bonds. The van der Waals surface area contributed by atoms with Crippen LogP contribution in [0.4, 0.5) is 0 Å². The van der Waals surface area contributed by atoms with E-state index < -0.39 is 0 Å². The average molecular weight is 213 g/mol. The Hall–Kier alpha value is -0.610. The molecule has 1 aliphatic rings. The highest BCUT2D eigenvalue weighted by atomic mass is 16.2. The molecule has 0 aromatic heterocycles. The zero-order chi connectivity index (χ0) is 11.6. The molecule has 0 bridgehead atoms. The smallest absolute Gasteiger partial charge is 0.240 e. The van der Waals surface area contributed by atoms with E-state index in [1.54, 1.807) is 0 Å². The standard InChI is InChI=1S/C11H23N3O/c1-9-10(15)14(11(2,3)4)8-7-13(9)6-5-12/h9H,5-8,12H2,1-4H3. The SMILES string of the molecule is CC1C(=O)N(C(C)(C)C)CCN1CCN. The highest BCUT2D eigenvalue weighted by Gasteiger charge is 2.36. The van der Waals surface area contributed by atoms with E-state index in [1.807, 2.05) is 11.8 Å². The summed E-state index contributed by atoms with van der Waals surface area (Å²) in [6.07, 6.45) is 0. The molecule has 0 aromatic rings. The summed E-state index contributed by atoms with van der Waals surface area (Å²) in [6, 6.07) is -0.0264. The van der Waals surface area contributed by atoms with Crippen molar-refractivity contribution in [1.29, 1.82) is 0 Å². The number of rotatable bonds is 2. The molecule has 0 radical (unpaired) electrons. The Labute approximate surface area is 92.4 Å². The molecule has 0 saturated carbocycles. The van der Waals surface area contributed by atoms with Crippen LogP contribution in [0.15, 0.2) is 0 Å². The Kier molecular flexibility index (Phi) is 3.73. The van der Waals surface area contributed by atoms with Crippen molar-refractivity contribution in [3.8, 4) is 0 Å². The predicted molar refractivity (Wildman–Crippen MR) is 61.6 cm³/mol. The van der Waals surface area contributed by atoms with E-state index in [0.29, 0.717) is 6.54 Å². The van der Waals surface area contributed by atoms with Gasteiger partial charge in [0.15, 0.2) is 0 Å². The second kappa shape index (κ2) is 4.49. The van der Waals surface area contributed by atoms with E-state index in [9.17, 15) is 4.79 Å². The van der Waals surface area contributed by atoms with E-state index in [0.717, 1.165) is 19.6 Å². The van der Waals surface area contributed by atoms with Crippen LogP contribution in [0.5, 0.6) is 0 Å². The topological polar surface area (TPSA) is 49.6 Å². The minimum Gasteiger partial charge on any atom is -0.335 e. The quantitative estimate of drug-likeness (QED) is 0.716. The van der Waals surface area contributed by atoms with Gasteiger partial charge in [0.05, 0.1) is 6.04 Å². The van der Waals surface area contributed by atoms with Crippen molar-refractivity contribution in [3.05, 3.63) is 0 Å². The average Bonchev–Trinajstić information content (AvgIpc) is 2.11. The highest BCUT2D eigenvalue weighted by Crippen LogP contribution is 2.20. The van der Waals surface area contributed by atoms with Crippen molar-refractivity contribution in [1.82, 2.24) is 9.80 Å². The molecule has 0 aromatic carbocycles. The number of hydrogen-bond donors (Lipinski definition) is 1. The summed E-state index contributed by atoms with van der Waals surface area (Å²) in [5.74, 6) is 0.224. The molecule has 1 rings (SSSR count). The maximum atomic E-state index is 12.1. The molecule has 1 heterocycles. The summed E-state index contributed by atoms with van der Waals surface area (Å²) in [4.78, 5) is 16.2. The summed E-state index contributed by atoms with van der Waals surface area (Å²) in [5.41, 5.74) is 5.45. The van der Waals surface area contributed by atoms with Gasteiger partial charge in [-0.1, -0.05) is 0 Å². The zero-order valence-electron chi connectivity index (χ0n) is 10.3. The third-order valence-corrected chi connectivity index (χ3v) is 3.01. The van der Waals surface area contributed by atoms with Gasteiger partial charge in [-0.2, -0.15) is 0 Å². The first kappa shape index (κ1) is 12.5. The normalized spacial score (nSPS) is 24.7. The van der Waals surface area contributed by atoms with Gasteiger partial charge in [-0.15, -0.1) is 0 Å². The minimum absolute atomic E-state index is 0.0264. The lowest BCUT2D eigenvalue weighted by molar-refractivity contribution is -0.146. The van der Waals surface area contributed by atoms with Crippen LogP contribution in [0.1, 0.15) is 27.7 Å². The summed E-state index contributed by atoms with van der Waals surface area (Å²) >= 11 is 0. The van der Waals surface area contributed by atoms with Crippen LogP contribution in [0.25, 0.3) is 0 Å². The van der Waals surface area contributed by atoms with Crippen LogP contribution in [0.2, 0.25) is 0 Å².